The van der Waals surface area contributed by atoms with Gasteiger partial charge < -0.3 is 15.0 Å². The largest absolute Gasteiger partial charge is 0.492 e. The van der Waals surface area contributed by atoms with Crippen molar-refractivity contribution in [2.45, 2.75) is 44.7 Å². The predicted molar refractivity (Wildman–Crippen MR) is 153 cm³/mol. The Labute approximate surface area is 235 Å². The third-order valence-corrected chi connectivity index (χ3v) is 8.05. The summed E-state index contributed by atoms with van der Waals surface area (Å²) in [4.78, 5) is 28.3. The topological polar surface area (TPSA) is 96.0 Å². The number of sulfonamides is 1. The summed E-state index contributed by atoms with van der Waals surface area (Å²) in [6, 6.07) is 20.6. The fourth-order valence-electron chi connectivity index (χ4n) is 3.94. The van der Waals surface area contributed by atoms with Crippen LogP contribution in [0.25, 0.3) is 0 Å². The van der Waals surface area contributed by atoms with Gasteiger partial charge >= 0.3 is 0 Å². The molecule has 10 heteroatoms. The van der Waals surface area contributed by atoms with Crippen molar-refractivity contribution >= 4 is 39.1 Å². The first-order valence-corrected chi connectivity index (χ1v) is 14.6. The Hall–Kier alpha value is -3.56. The van der Waals surface area contributed by atoms with Gasteiger partial charge in [-0.1, -0.05) is 61.0 Å². The molecule has 0 fully saturated rings. The SMILES string of the molecule is CCCNC(=O)[C@H](C)N(Cc1ccc(Cl)cc1)C(=O)CN(c1ccccc1OCC)S(=O)(=O)c1ccccc1. The highest BCUT2D eigenvalue weighted by Crippen LogP contribution is 2.32. The molecule has 0 saturated heterocycles. The minimum Gasteiger partial charge on any atom is -0.492 e. The summed E-state index contributed by atoms with van der Waals surface area (Å²) in [5.41, 5.74) is 0.973. The van der Waals surface area contributed by atoms with Crippen LogP contribution in [0, 0.1) is 0 Å². The lowest BCUT2D eigenvalue weighted by Gasteiger charge is -2.32. The van der Waals surface area contributed by atoms with E-state index in [-0.39, 0.29) is 23.0 Å². The number of anilines is 1. The number of amides is 2. The van der Waals surface area contributed by atoms with Gasteiger partial charge in [-0.3, -0.25) is 13.9 Å². The summed E-state index contributed by atoms with van der Waals surface area (Å²) in [6.07, 6.45) is 0.737. The first-order valence-electron chi connectivity index (χ1n) is 12.8. The van der Waals surface area contributed by atoms with E-state index < -0.39 is 28.5 Å². The van der Waals surface area contributed by atoms with Crippen molar-refractivity contribution in [1.82, 2.24) is 10.2 Å². The highest BCUT2D eigenvalue weighted by atomic mass is 35.5. The van der Waals surface area contributed by atoms with Crippen molar-refractivity contribution < 1.29 is 22.7 Å². The quantitative estimate of drug-likeness (QED) is 0.315. The van der Waals surface area contributed by atoms with Crippen molar-refractivity contribution in [2.24, 2.45) is 0 Å². The second-order valence-electron chi connectivity index (χ2n) is 8.84. The van der Waals surface area contributed by atoms with Gasteiger partial charge in [0, 0.05) is 18.1 Å². The number of hydrogen-bond acceptors (Lipinski definition) is 5. The average molecular weight is 572 g/mol. The number of carbonyl (C=O) groups excluding carboxylic acids is 2. The lowest BCUT2D eigenvalue weighted by Crippen LogP contribution is -2.51. The maximum atomic E-state index is 13.9. The van der Waals surface area contributed by atoms with E-state index in [1.54, 1.807) is 80.6 Å². The molecule has 1 atom stereocenters. The number of halogens is 1. The summed E-state index contributed by atoms with van der Waals surface area (Å²) >= 11 is 6.04. The molecule has 8 nitrogen and oxygen atoms in total. The van der Waals surface area contributed by atoms with Crippen LogP contribution in [0.15, 0.2) is 83.8 Å². The van der Waals surface area contributed by atoms with Crippen LogP contribution < -0.4 is 14.4 Å². The van der Waals surface area contributed by atoms with Gasteiger partial charge in [-0.25, -0.2) is 8.42 Å². The summed E-state index contributed by atoms with van der Waals surface area (Å²) in [7, 11) is -4.17. The first-order chi connectivity index (χ1) is 18.7. The van der Waals surface area contributed by atoms with E-state index in [1.807, 2.05) is 6.92 Å². The smallest absolute Gasteiger partial charge is 0.264 e. The lowest BCUT2D eigenvalue weighted by atomic mass is 10.1. The van der Waals surface area contributed by atoms with Crippen LogP contribution in [0.1, 0.15) is 32.8 Å². The molecule has 0 heterocycles. The number of benzene rings is 3. The van der Waals surface area contributed by atoms with E-state index in [4.69, 9.17) is 16.3 Å². The molecule has 0 aliphatic rings. The molecule has 0 aliphatic heterocycles. The van der Waals surface area contributed by atoms with Crippen molar-refractivity contribution in [3.05, 3.63) is 89.4 Å². The Bertz CT molecular complexity index is 1350. The molecule has 0 spiro atoms. The van der Waals surface area contributed by atoms with E-state index >= 15 is 0 Å². The Balaban J connectivity index is 2.05. The van der Waals surface area contributed by atoms with Crippen molar-refractivity contribution in [2.75, 3.05) is 24.0 Å². The predicted octanol–water partition coefficient (Wildman–Crippen LogP) is 4.88. The van der Waals surface area contributed by atoms with Crippen LogP contribution in [-0.2, 0) is 26.2 Å². The Morgan fingerprint density at radius 3 is 2.23 bits per heavy atom. The molecule has 0 bridgehead atoms. The number of ether oxygens (including phenoxy) is 1. The highest BCUT2D eigenvalue weighted by molar-refractivity contribution is 7.92. The zero-order valence-corrected chi connectivity index (χ0v) is 23.9. The Kier molecular flexibility index (Phi) is 10.8. The molecule has 3 aromatic carbocycles. The number of nitrogens with one attached hydrogen (secondary N) is 1. The van der Waals surface area contributed by atoms with Gasteiger partial charge in [-0.15, -0.1) is 0 Å². The fourth-order valence-corrected chi connectivity index (χ4v) is 5.51. The van der Waals surface area contributed by atoms with Gasteiger partial charge in [0.05, 0.1) is 17.2 Å². The number of nitrogens with zero attached hydrogens (tertiary/aromatic N) is 2. The maximum Gasteiger partial charge on any atom is 0.264 e. The molecule has 0 aliphatic carbocycles. The van der Waals surface area contributed by atoms with Crippen molar-refractivity contribution in [1.29, 1.82) is 0 Å². The van der Waals surface area contributed by atoms with Gasteiger partial charge in [0.2, 0.25) is 11.8 Å². The molecule has 0 unspecified atom stereocenters. The second-order valence-corrected chi connectivity index (χ2v) is 11.1. The average Bonchev–Trinajstić information content (AvgIpc) is 2.94. The third kappa shape index (κ3) is 7.74. The normalized spacial score (nSPS) is 11.9. The molecule has 39 heavy (non-hydrogen) atoms. The fraction of sp³-hybridized carbons (Fsp3) is 0.310. The van der Waals surface area contributed by atoms with Gasteiger partial charge in [-0.05, 0) is 62.2 Å². The third-order valence-electron chi connectivity index (χ3n) is 6.03. The minimum atomic E-state index is -4.17. The van der Waals surface area contributed by atoms with Crippen LogP contribution in [-0.4, -0.2) is 50.9 Å². The summed E-state index contributed by atoms with van der Waals surface area (Å²) in [5, 5.41) is 3.36. The molecule has 2 amide bonds. The van der Waals surface area contributed by atoms with Gasteiger partial charge in [-0.2, -0.15) is 0 Å². The molecule has 0 saturated carbocycles. The molecule has 0 aromatic heterocycles. The first kappa shape index (κ1) is 30.0. The molecule has 1 N–H and O–H groups in total. The molecule has 3 aromatic rings. The molecular weight excluding hydrogens is 538 g/mol. The zero-order chi connectivity index (χ0) is 28.4. The highest BCUT2D eigenvalue weighted by Gasteiger charge is 2.33. The second kappa shape index (κ2) is 14.0. The monoisotopic (exact) mass is 571 g/mol. The maximum absolute atomic E-state index is 13.9. The minimum absolute atomic E-state index is 0.0297. The molecular formula is C29H34ClN3O5S. The number of carbonyl (C=O) groups is 2. The summed E-state index contributed by atoms with van der Waals surface area (Å²) in [6.45, 7) is 5.67. The van der Waals surface area contributed by atoms with Gasteiger partial charge in [0.25, 0.3) is 10.0 Å². The van der Waals surface area contributed by atoms with Crippen LogP contribution in [0.3, 0.4) is 0 Å². The van der Waals surface area contributed by atoms with E-state index in [9.17, 15) is 18.0 Å². The molecule has 0 radical (unpaired) electrons. The molecule has 3 rings (SSSR count). The molecule has 208 valence electrons. The van der Waals surface area contributed by atoms with E-state index in [0.717, 1.165) is 16.3 Å². The van der Waals surface area contributed by atoms with E-state index in [0.29, 0.717) is 23.9 Å². The van der Waals surface area contributed by atoms with Gasteiger partial charge in [0.1, 0.15) is 18.3 Å². The van der Waals surface area contributed by atoms with Crippen LogP contribution in [0.4, 0.5) is 5.69 Å². The van der Waals surface area contributed by atoms with E-state index in [2.05, 4.69) is 5.32 Å². The summed E-state index contributed by atoms with van der Waals surface area (Å²) < 4.78 is 34.6. The lowest BCUT2D eigenvalue weighted by molar-refractivity contribution is -0.139. The number of rotatable bonds is 13. The zero-order valence-electron chi connectivity index (χ0n) is 22.3. The number of hydrogen-bond donors (Lipinski definition) is 1. The summed E-state index contributed by atoms with van der Waals surface area (Å²) in [5.74, 6) is -0.549. The van der Waals surface area contributed by atoms with Crippen LogP contribution >= 0.6 is 11.6 Å². The van der Waals surface area contributed by atoms with Crippen LogP contribution in [0.2, 0.25) is 5.02 Å². The van der Waals surface area contributed by atoms with Crippen molar-refractivity contribution in [3.8, 4) is 5.75 Å². The van der Waals surface area contributed by atoms with Crippen molar-refractivity contribution in [3.63, 3.8) is 0 Å². The van der Waals surface area contributed by atoms with Gasteiger partial charge in [0.15, 0.2) is 0 Å². The van der Waals surface area contributed by atoms with Crippen LogP contribution in [0.5, 0.6) is 5.75 Å². The van der Waals surface area contributed by atoms with E-state index in [1.165, 1.54) is 17.0 Å². The Morgan fingerprint density at radius 2 is 1.59 bits per heavy atom. The standard InChI is InChI=1S/C29H34ClN3O5S/c1-4-19-31-29(35)22(3)32(20-23-15-17-24(30)18-16-23)28(34)21-33(26-13-9-10-14-27(26)38-5-2)39(36,37)25-11-7-6-8-12-25/h6-18,22H,4-5,19-21H2,1-3H3,(H,31,35)/t22-/m0/s1. The Morgan fingerprint density at radius 1 is 0.949 bits per heavy atom. The number of para-hydroxylation sites is 2.